The minimum Gasteiger partial charge on any atom is -0.387 e. The Morgan fingerprint density at radius 3 is 2.45 bits per heavy atom. The summed E-state index contributed by atoms with van der Waals surface area (Å²) < 4.78 is 0. The molecule has 1 N–H and O–H groups in total. The predicted molar refractivity (Wildman–Crippen MR) is 86.0 cm³/mol. The summed E-state index contributed by atoms with van der Waals surface area (Å²) in [7, 11) is 0. The SMILES string of the molecule is O[C@@H]1c2c(ccc3ccccc23)-c2ccccc2[C@H]1Br. The van der Waals surface area contributed by atoms with Gasteiger partial charge in [-0.25, -0.2) is 0 Å². The maximum absolute atomic E-state index is 10.7. The summed E-state index contributed by atoms with van der Waals surface area (Å²) in [4.78, 5) is -0.0583. The molecule has 0 heterocycles. The molecule has 2 atom stereocenters. The molecule has 0 saturated heterocycles. The zero-order valence-corrected chi connectivity index (χ0v) is 12.3. The highest BCUT2D eigenvalue weighted by atomic mass is 79.9. The van der Waals surface area contributed by atoms with Gasteiger partial charge in [0.05, 0.1) is 10.9 Å². The summed E-state index contributed by atoms with van der Waals surface area (Å²) in [5.41, 5.74) is 4.54. The van der Waals surface area contributed by atoms with Gasteiger partial charge in [0.1, 0.15) is 0 Å². The lowest BCUT2D eigenvalue weighted by atomic mass is 9.81. The van der Waals surface area contributed by atoms with E-state index in [1.165, 1.54) is 10.9 Å². The largest absolute Gasteiger partial charge is 0.387 e. The maximum atomic E-state index is 10.7. The second kappa shape index (κ2) is 4.44. The van der Waals surface area contributed by atoms with E-state index >= 15 is 0 Å². The molecule has 98 valence electrons. The van der Waals surface area contributed by atoms with Gasteiger partial charge in [-0.2, -0.15) is 0 Å². The van der Waals surface area contributed by atoms with Crippen LogP contribution in [0.25, 0.3) is 21.9 Å². The first-order chi connectivity index (χ1) is 9.77. The average Bonchev–Trinajstić information content (AvgIpc) is 2.51. The van der Waals surface area contributed by atoms with E-state index < -0.39 is 6.10 Å². The van der Waals surface area contributed by atoms with Gasteiger partial charge in [-0.15, -0.1) is 0 Å². The standard InChI is InChI=1S/C18H13BrO/c19-17-15-8-4-3-7-13(15)14-10-9-11-5-1-2-6-12(11)16(14)18(17)20/h1-10,17-18,20H/t17-,18-/m1/s1. The Balaban J connectivity index is 2.14. The molecule has 1 aliphatic rings. The number of hydrogen-bond donors (Lipinski definition) is 1. The Bertz CT molecular complexity index is 809. The fraction of sp³-hybridized carbons (Fsp3) is 0.111. The molecular weight excluding hydrogens is 312 g/mol. The van der Waals surface area contributed by atoms with Crippen molar-refractivity contribution in [1.82, 2.24) is 0 Å². The lowest BCUT2D eigenvalue weighted by Crippen LogP contribution is -2.13. The molecular formula is C18H13BrO. The summed E-state index contributed by atoms with van der Waals surface area (Å²) in [6, 6.07) is 20.8. The minimum atomic E-state index is -0.522. The van der Waals surface area contributed by atoms with Gasteiger partial charge in [0.15, 0.2) is 0 Å². The van der Waals surface area contributed by atoms with Crippen molar-refractivity contribution < 1.29 is 5.11 Å². The topological polar surface area (TPSA) is 20.2 Å². The van der Waals surface area contributed by atoms with Crippen LogP contribution in [-0.2, 0) is 0 Å². The molecule has 2 heteroatoms. The number of hydrogen-bond acceptors (Lipinski definition) is 1. The van der Waals surface area contributed by atoms with Gasteiger partial charge in [0.2, 0.25) is 0 Å². The second-order valence-electron chi connectivity index (χ2n) is 5.18. The van der Waals surface area contributed by atoms with Crippen LogP contribution in [-0.4, -0.2) is 5.11 Å². The van der Waals surface area contributed by atoms with Gasteiger partial charge < -0.3 is 5.11 Å². The van der Waals surface area contributed by atoms with Crippen molar-refractivity contribution in [2.45, 2.75) is 10.9 Å². The molecule has 0 fully saturated rings. The number of fused-ring (bicyclic) bond motifs is 5. The van der Waals surface area contributed by atoms with E-state index in [0.29, 0.717) is 0 Å². The van der Waals surface area contributed by atoms with E-state index in [4.69, 9.17) is 0 Å². The Morgan fingerprint density at radius 1 is 0.800 bits per heavy atom. The zero-order chi connectivity index (χ0) is 13.7. The second-order valence-corrected chi connectivity index (χ2v) is 6.17. The van der Waals surface area contributed by atoms with Crippen LogP contribution in [0.2, 0.25) is 0 Å². The molecule has 0 aliphatic heterocycles. The Kier molecular flexibility index (Phi) is 2.69. The summed E-state index contributed by atoms with van der Waals surface area (Å²) in [6.45, 7) is 0. The molecule has 3 aromatic carbocycles. The van der Waals surface area contributed by atoms with E-state index in [2.05, 4.69) is 58.4 Å². The highest BCUT2D eigenvalue weighted by Gasteiger charge is 2.31. The fourth-order valence-corrected chi connectivity index (χ4v) is 3.81. The molecule has 0 bridgehead atoms. The summed E-state index contributed by atoms with van der Waals surface area (Å²) in [5.74, 6) is 0. The summed E-state index contributed by atoms with van der Waals surface area (Å²) >= 11 is 3.66. The van der Waals surface area contributed by atoms with Gasteiger partial charge >= 0.3 is 0 Å². The lowest BCUT2D eigenvalue weighted by molar-refractivity contribution is 0.177. The van der Waals surface area contributed by atoms with Crippen molar-refractivity contribution in [2.24, 2.45) is 0 Å². The first-order valence-corrected chi connectivity index (χ1v) is 7.62. The predicted octanol–water partition coefficient (Wildman–Crippen LogP) is 4.99. The third-order valence-corrected chi connectivity index (χ3v) is 5.09. The zero-order valence-electron chi connectivity index (χ0n) is 10.8. The Hall–Kier alpha value is -1.64. The fourth-order valence-electron chi connectivity index (χ4n) is 3.15. The molecule has 1 nitrogen and oxygen atoms in total. The lowest BCUT2D eigenvalue weighted by Gasteiger charge is -2.30. The molecule has 1 aliphatic carbocycles. The van der Waals surface area contributed by atoms with Crippen LogP contribution in [0.15, 0.2) is 60.7 Å². The first kappa shape index (κ1) is 12.1. The summed E-state index contributed by atoms with van der Waals surface area (Å²) in [6.07, 6.45) is -0.522. The number of aliphatic hydroxyl groups excluding tert-OH is 1. The van der Waals surface area contributed by atoms with Gasteiger partial charge in [-0.05, 0) is 33.0 Å². The Morgan fingerprint density at radius 2 is 1.55 bits per heavy atom. The van der Waals surface area contributed by atoms with E-state index in [-0.39, 0.29) is 4.83 Å². The maximum Gasteiger partial charge on any atom is 0.0968 e. The van der Waals surface area contributed by atoms with Crippen molar-refractivity contribution in [1.29, 1.82) is 0 Å². The summed E-state index contributed by atoms with van der Waals surface area (Å²) in [5, 5.41) is 13.0. The molecule has 4 rings (SSSR count). The molecule has 0 unspecified atom stereocenters. The van der Waals surface area contributed by atoms with Crippen LogP contribution in [0, 0.1) is 0 Å². The average molecular weight is 325 g/mol. The minimum absolute atomic E-state index is 0.0583. The van der Waals surface area contributed by atoms with Crippen molar-refractivity contribution in [3.05, 3.63) is 71.8 Å². The van der Waals surface area contributed by atoms with E-state index in [0.717, 1.165) is 22.1 Å². The number of alkyl halides is 1. The highest BCUT2D eigenvalue weighted by Crippen LogP contribution is 2.50. The number of rotatable bonds is 0. The number of aliphatic hydroxyl groups is 1. The molecule has 3 aromatic rings. The van der Waals surface area contributed by atoms with Crippen LogP contribution < -0.4 is 0 Å². The van der Waals surface area contributed by atoms with Crippen LogP contribution in [0.3, 0.4) is 0 Å². The van der Waals surface area contributed by atoms with E-state index in [9.17, 15) is 5.11 Å². The highest BCUT2D eigenvalue weighted by molar-refractivity contribution is 9.09. The number of halogens is 1. The van der Waals surface area contributed by atoms with Crippen LogP contribution in [0.5, 0.6) is 0 Å². The van der Waals surface area contributed by atoms with Crippen molar-refractivity contribution >= 4 is 26.7 Å². The van der Waals surface area contributed by atoms with Crippen molar-refractivity contribution in [3.63, 3.8) is 0 Å². The van der Waals surface area contributed by atoms with Crippen LogP contribution in [0.1, 0.15) is 22.1 Å². The third-order valence-electron chi connectivity index (χ3n) is 4.09. The van der Waals surface area contributed by atoms with Gasteiger partial charge in [-0.1, -0.05) is 76.6 Å². The number of benzene rings is 3. The quantitative estimate of drug-likeness (QED) is 0.577. The molecule has 0 amide bonds. The van der Waals surface area contributed by atoms with Crippen molar-refractivity contribution in [2.75, 3.05) is 0 Å². The molecule has 20 heavy (non-hydrogen) atoms. The van der Waals surface area contributed by atoms with Crippen LogP contribution >= 0.6 is 15.9 Å². The first-order valence-electron chi connectivity index (χ1n) is 6.70. The Labute approximate surface area is 126 Å². The normalized spacial score (nSPS) is 20.5. The molecule has 0 radical (unpaired) electrons. The van der Waals surface area contributed by atoms with Crippen molar-refractivity contribution in [3.8, 4) is 11.1 Å². The third kappa shape index (κ3) is 1.58. The smallest absolute Gasteiger partial charge is 0.0968 e. The van der Waals surface area contributed by atoms with Gasteiger partial charge in [-0.3, -0.25) is 0 Å². The van der Waals surface area contributed by atoms with Crippen LogP contribution in [0.4, 0.5) is 0 Å². The van der Waals surface area contributed by atoms with Gasteiger partial charge in [0, 0.05) is 0 Å². The van der Waals surface area contributed by atoms with Gasteiger partial charge in [0.25, 0.3) is 0 Å². The van der Waals surface area contributed by atoms with E-state index in [1.807, 2.05) is 18.2 Å². The molecule has 0 aromatic heterocycles. The molecule has 0 saturated carbocycles. The molecule has 0 spiro atoms. The van der Waals surface area contributed by atoms with E-state index in [1.54, 1.807) is 0 Å². The monoisotopic (exact) mass is 324 g/mol.